The molecule has 0 N–H and O–H groups in total. The lowest BCUT2D eigenvalue weighted by molar-refractivity contribution is 0.702. The van der Waals surface area contributed by atoms with Gasteiger partial charge in [0.25, 0.3) is 0 Å². The Labute approximate surface area is 127 Å². The Kier molecular flexibility index (Phi) is 4.28. The van der Waals surface area contributed by atoms with Crippen molar-refractivity contribution in [2.45, 2.75) is 17.9 Å². The van der Waals surface area contributed by atoms with E-state index in [9.17, 15) is 0 Å². The van der Waals surface area contributed by atoms with Crippen LogP contribution in [-0.4, -0.2) is 15.3 Å². The van der Waals surface area contributed by atoms with Gasteiger partial charge >= 0.3 is 0 Å². The summed E-state index contributed by atoms with van der Waals surface area (Å²) in [6.07, 6.45) is 3.05. The zero-order valence-corrected chi connectivity index (χ0v) is 12.6. The van der Waals surface area contributed by atoms with Crippen LogP contribution in [0.3, 0.4) is 0 Å². The molecule has 2 aromatic carbocycles. The normalized spacial score (nSPS) is 11.1. The van der Waals surface area contributed by atoms with Crippen LogP contribution >= 0.6 is 23.4 Å². The number of fused-ring (bicyclic) bond motifs is 1. The Bertz CT molecular complexity index is 691. The Morgan fingerprint density at radius 2 is 1.85 bits per heavy atom. The summed E-state index contributed by atoms with van der Waals surface area (Å²) in [6, 6.07) is 16.3. The van der Waals surface area contributed by atoms with E-state index in [2.05, 4.69) is 33.8 Å². The zero-order chi connectivity index (χ0) is 13.8. The van der Waals surface area contributed by atoms with Gasteiger partial charge in [0.2, 0.25) is 0 Å². The fourth-order valence-electron chi connectivity index (χ4n) is 2.14. The van der Waals surface area contributed by atoms with Gasteiger partial charge in [-0.05, 0) is 48.6 Å². The summed E-state index contributed by atoms with van der Waals surface area (Å²) in [4.78, 5) is 5.68. The van der Waals surface area contributed by atoms with Gasteiger partial charge in [0.15, 0.2) is 0 Å². The number of thioether (sulfide) groups is 1. The molecule has 102 valence electrons. The van der Waals surface area contributed by atoms with Crippen LogP contribution in [0.15, 0.2) is 59.8 Å². The van der Waals surface area contributed by atoms with Crippen molar-refractivity contribution >= 4 is 34.4 Å². The number of benzene rings is 2. The van der Waals surface area contributed by atoms with Crippen LogP contribution in [0.4, 0.5) is 0 Å². The zero-order valence-electron chi connectivity index (χ0n) is 11.0. The van der Waals surface area contributed by atoms with E-state index in [-0.39, 0.29) is 0 Å². The fourth-order valence-corrected chi connectivity index (χ4v) is 3.11. The maximum absolute atomic E-state index is 5.88. The first-order valence-electron chi connectivity index (χ1n) is 6.61. The van der Waals surface area contributed by atoms with Crippen molar-refractivity contribution in [3.63, 3.8) is 0 Å². The highest BCUT2D eigenvalue weighted by molar-refractivity contribution is 7.99. The molecule has 0 atom stereocenters. The number of nitrogens with zero attached hydrogens (tertiary/aromatic N) is 2. The van der Waals surface area contributed by atoms with Crippen molar-refractivity contribution in [1.29, 1.82) is 0 Å². The van der Waals surface area contributed by atoms with Crippen molar-refractivity contribution in [3.8, 4) is 0 Å². The van der Waals surface area contributed by atoms with Gasteiger partial charge in [-0.25, -0.2) is 4.98 Å². The number of aromatic nitrogens is 2. The minimum Gasteiger partial charge on any atom is -0.331 e. The van der Waals surface area contributed by atoms with Crippen LogP contribution in [0.25, 0.3) is 11.0 Å². The number of aryl methyl sites for hydroxylation is 1. The van der Waals surface area contributed by atoms with Gasteiger partial charge in [0.05, 0.1) is 17.4 Å². The molecular weight excluding hydrogens is 288 g/mol. The molecule has 0 radical (unpaired) electrons. The molecule has 0 bridgehead atoms. The standard InChI is InChI=1S/C16H15ClN2S/c17-13-6-8-14(9-7-13)20-11-3-10-19-12-18-15-4-1-2-5-16(15)19/h1-2,4-9,12H,3,10-11H2. The molecular formula is C16H15ClN2S. The first kappa shape index (κ1) is 13.5. The third-order valence-corrected chi connectivity index (χ3v) is 4.50. The third kappa shape index (κ3) is 3.17. The van der Waals surface area contributed by atoms with E-state index in [4.69, 9.17) is 11.6 Å². The van der Waals surface area contributed by atoms with Crippen molar-refractivity contribution in [1.82, 2.24) is 9.55 Å². The van der Waals surface area contributed by atoms with Gasteiger partial charge in [-0.2, -0.15) is 0 Å². The summed E-state index contributed by atoms with van der Waals surface area (Å²) in [5.41, 5.74) is 2.28. The number of halogens is 1. The molecule has 0 fully saturated rings. The minimum atomic E-state index is 0.791. The van der Waals surface area contributed by atoms with Crippen LogP contribution in [-0.2, 0) is 6.54 Å². The Hall–Kier alpha value is -1.45. The lowest BCUT2D eigenvalue weighted by Gasteiger charge is -2.04. The monoisotopic (exact) mass is 302 g/mol. The van der Waals surface area contributed by atoms with Crippen LogP contribution in [0.2, 0.25) is 5.02 Å². The summed E-state index contributed by atoms with van der Waals surface area (Å²) >= 11 is 7.74. The maximum Gasteiger partial charge on any atom is 0.0958 e. The SMILES string of the molecule is Clc1ccc(SCCCn2cnc3ccccc32)cc1. The molecule has 4 heteroatoms. The fraction of sp³-hybridized carbons (Fsp3) is 0.188. The smallest absolute Gasteiger partial charge is 0.0958 e. The summed E-state index contributed by atoms with van der Waals surface area (Å²) in [7, 11) is 0. The first-order valence-corrected chi connectivity index (χ1v) is 7.97. The van der Waals surface area contributed by atoms with Gasteiger partial charge in [-0.1, -0.05) is 23.7 Å². The van der Waals surface area contributed by atoms with Gasteiger partial charge in [-0.15, -0.1) is 11.8 Å². The molecule has 0 unspecified atom stereocenters. The van der Waals surface area contributed by atoms with E-state index < -0.39 is 0 Å². The van der Waals surface area contributed by atoms with Crippen LogP contribution in [0.1, 0.15) is 6.42 Å². The quantitative estimate of drug-likeness (QED) is 0.494. The van der Waals surface area contributed by atoms with Crippen molar-refractivity contribution in [3.05, 3.63) is 59.9 Å². The number of hydrogen-bond acceptors (Lipinski definition) is 2. The third-order valence-electron chi connectivity index (χ3n) is 3.15. The van der Waals surface area contributed by atoms with E-state index in [0.29, 0.717) is 0 Å². The van der Waals surface area contributed by atoms with Crippen molar-refractivity contribution in [2.75, 3.05) is 5.75 Å². The number of para-hydroxylation sites is 2. The van der Waals surface area contributed by atoms with Crippen molar-refractivity contribution in [2.24, 2.45) is 0 Å². The van der Waals surface area contributed by atoms with E-state index in [1.807, 2.05) is 42.4 Å². The summed E-state index contributed by atoms with van der Waals surface area (Å²) in [5, 5.41) is 0.791. The van der Waals surface area contributed by atoms with Gasteiger partial charge in [0, 0.05) is 16.5 Å². The predicted octanol–water partition coefficient (Wildman–Crippen LogP) is 4.87. The van der Waals surface area contributed by atoms with E-state index >= 15 is 0 Å². The maximum atomic E-state index is 5.88. The predicted molar refractivity (Wildman–Crippen MR) is 86.5 cm³/mol. The number of rotatable bonds is 5. The Morgan fingerprint density at radius 3 is 2.70 bits per heavy atom. The average molecular weight is 303 g/mol. The molecule has 3 aromatic rings. The highest BCUT2D eigenvalue weighted by atomic mass is 35.5. The summed E-state index contributed by atoms with van der Waals surface area (Å²) < 4.78 is 2.22. The highest BCUT2D eigenvalue weighted by Crippen LogP contribution is 2.21. The molecule has 0 spiro atoms. The van der Waals surface area contributed by atoms with E-state index in [0.717, 1.165) is 29.3 Å². The number of imidazole rings is 1. The highest BCUT2D eigenvalue weighted by Gasteiger charge is 2.01. The molecule has 0 amide bonds. The number of hydrogen-bond donors (Lipinski definition) is 0. The lowest BCUT2D eigenvalue weighted by atomic mass is 10.3. The molecule has 20 heavy (non-hydrogen) atoms. The van der Waals surface area contributed by atoms with E-state index in [1.54, 1.807) is 0 Å². The first-order chi connectivity index (χ1) is 9.83. The van der Waals surface area contributed by atoms with Gasteiger partial charge in [-0.3, -0.25) is 0 Å². The van der Waals surface area contributed by atoms with Gasteiger partial charge < -0.3 is 4.57 Å². The van der Waals surface area contributed by atoms with Crippen LogP contribution < -0.4 is 0 Å². The molecule has 0 aliphatic rings. The molecule has 0 aliphatic carbocycles. The summed E-state index contributed by atoms with van der Waals surface area (Å²) in [6.45, 7) is 1.00. The summed E-state index contributed by atoms with van der Waals surface area (Å²) in [5.74, 6) is 1.09. The molecule has 3 rings (SSSR count). The molecule has 1 heterocycles. The van der Waals surface area contributed by atoms with Crippen LogP contribution in [0.5, 0.6) is 0 Å². The van der Waals surface area contributed by atoms with Crippen molar-refractivity contribution < 1.29 is 0 Å². The molecule has 1 aromatic heterocycles. The van der Waals surface area contributed by atoms with Gasteiger partial charge in [0.1, 0.15) is 0 Å². The second-order valence-electron chi connectivity index (χ2n) is 4.58. The van der Waals surface area contributed by atoms with E-state index in [1.165, 1.54) is 10.4 Å². The average Bonchev–Trinajstić information content (AvgIpc) is 2.89. The molecule has 0 aliphatic heterocycles. The molecule has 0 saturated carbocycles. The molecule has 0 saturated heterocycles. The molecule has 2 nitrogen and oxygen atoms in total. The minimum absolute atomic E-state index is 0.791. The topological polar surface area (TPSA) is 17.8 Å². The second-order valence-corrected chi connectivity index (χ2v) is 6.19. The Balaban J connectivity index is 1.54. The van der Waals surface area contributed by atoms with Crippen LogP contribution in [0, 0.1) is 0 Å². The lowest BCUT2D eigenvalue weighted by Crippen LogP contribution is -1.97. The second kappa shape index (κ2) is 6.33. The Morgan fingerprint density at radius 1 is 1.05 bits per heavy atom. The largest absolute Gasteiger partial charge is 0.331 e.